The van der Waals surface area contributed by atoms with Gasteiger partial charge in [-0.2, -0.15) is 0 Å². The predicted molar refractivity (Wildman–Crippen MR) is 129 cm³/mol. The molecular weight excluding hydrogens is 456 g/mol. The van der Waals surface area contributed by atoms with Crippen LogP contribution in [0.4, 0.5) is 5.69 Å². The summed E-state index contributed by atoms with van der Waals surface area (Å²) < 4.78 is 33.2. The fraction of sp³-hybridized carbons (Fsp3) is 0.0800. The number of benzene rings is 3. The Morgan fingerprint density at radius 3 is 2.21 bits per heavy atom. The van der Waals surface area contributed by atoms with Crippen LogP contribution in [0.25, 0.3) is 0 Å². The molecule has 4 rings (SSSR count). The van der Waals surface area contributed by atoms with Crippen molar-refractivity contribution in [3.8, 4) is 0 Å². The zero-order valence-electron chi connectivity index (χ0n) is 17.8. The average Bonchev–Trinajstić information content (AvgIpc) is 3.40. The Morgan fingerprint density at radius 2 is 1.58 bits per heavy atom. The van der Waals surface area contributed by atoms with E-state index in [1.165, 1.54) is 37.3 Å². The normalized spacial score (nSPS) is 11.2. The Labute approximate surface area is 197 Å². The number of esters is 1. The van der Waals surface area contributed by atoms with Gasteiger partial charge < -0.3 is 10.1 Å². The van der Waals surface area contributed by atoms with Crippen LogP contribution < -0.4 is 5.32 Å². The average molecular weight is 479 g/mol. The molecule has 0 aliphatic carbocycles. The Balaban J connectivity index is 1.89. The highest BCUT2D eigenvalue weighted by molar-refractivity contribution is 8.00. The van der Waals surface area contributed by atoms with Crippen molar-refractivity contribution in [2.24, 2.45) is 0 Å². The molecule has 0 aliphatic heterocycles. The van der Waals surface area contributed by atoms with Gasteiger partial charge in [0.05, 0.1) is 23.3 Å². The molecule has 1 N–H and O–H groups in total. The van der Waals surface area contributed by atoms with Crippen molar-refractivity contribution >= 4 is 33.4 Å². The molecule has 0 unspecified atom stereocenters. The van der Waals surface area contributed by atoms with Crippen LogP contribution in [0.15, 0.2) is 112 Å². The summed E-state index contributed by atoms with van der Waals surface area (Å²) in [6, 6.07) is 25.5. The van der Waals surface area contributed by atoms with Gasteiger partial charge >= 0.3 is 5.97 Å². The molecule has 8 heteroatoms. The van der Waals surface area contributed by atoms with Crippen molar-refractivity contribution in [3.63, 3.8) is 0 Å². The van der Waals surface area contributed by atoms with Gasteiger partial charge in [0.25, 0.3) is 10.0 Å². The van der Waals surface area contributed by atoms with Crippen molar-refractivity contribution in [3.05, 3.63) is 108 Å². The van der Waals surface area contributed by atoms with Gasteiger partial charge in [-0.15, -0.1) is 0 Å². The van der Waals surface area contributed by atoms with Crippen LogP contribution in [0.3, 0.4) is 0 Å². The van der Waals surface area contributed by atoms with Gasteiger partial charge in [0.2, 0.25) is 0 Å². The molecule has 168 valence electrons. The number of nitrogens with one attached hydrogen (secondary N) is 1. The number of methoxy groups -OCH3 is 1. The standard InChI is InChI=1S/C25H22N2O4S2/c1-31-25(28)20-16-22(26-18-19-10-4-2-5-11-19)24(32-21-12-6-3-7-13-21)23(17-20)33(29,30)27-14-8-9-15-27/h2-17,26H,18H2,1H3. The lowest BCUT2D eigenvalue weighted by Gasteiger charge is -2.18. The summed E-state index contributed by atoms with van der Waals surface area (Å²) in [5, 5.41) is 3.32. The zero-order valence-corrected chi connectivity index (χ0v) is 19.5. The summed E-state index contributed by atoms with van der Waals surface area (Å²) in [5.41, 5.74) is 1.70. The number of hydrogen-bond donors (Lipinski definition) is 1. The molecule has 0 atom stereocenters. The van der Waals surface area contributed by atoms with E-state index in [1.54, 1.807) is 18.2 Å². The van der Waals surface area contributed by atoms with Crippen LogP contribution in [-0.2, 0) is 21.3 Å². The summed E-state index contributed by atoms with van der Waals surface area (Å²) in [4.78, 5) is 13.8. The highest BCUT2D eigenvalue weighted by Crippen LogP contribution is 2.40. The van der Waals surface area contributed by atoms with Gasteiger partial charge in [0, 0.05) is 23.8 Å². The van der Waals surface area contributed by atoms with E-state index in [0.717, 1.165) is 14.4 Å². The maximum absolute atomic E-state index is 13.6. The first-order valence-corrected chi connectivity index (χ1v) is 12.4. The van der Waals surface area contributed by atoms with Crippen LogP contribution in [0, 0.1) is 0 Å². The van der Waals surface area contributed by atoms with E-state index in [4.69, 9.17) is 4.74 Å². The number of nitrogens with zero attached hydrogens (tertiary/aromatic N) is 1. The second kappa shape index (κ2) is 9.97. The minimum Gasteiger partial charge on any atom is -0.465 e. The molecule has 0 spiro atoms. The smallest absolute Gasteiger partial charge is 0.337 e. The number of anilines is 1. The molecule has 0 radical (unpaired) electrons. The molecular formula is C25H22N2O4S2. The Kier molecular flexibility index (Phi) is 6.86. The summed E-state index contributed by atoms with van der Waals surface area (Å²) in [6.45, 7) is 0.455. The molecule has 6 nitrogen and oxygen atoms in total. The molecule has 0 fully saturated rings. The Hall–Kier alpha value is -3.49. The maximum Gasteiger partial charge on any atom is 0.337 e. The summed E-state index contributed by atoms with van der Waals surface area (Å²) in [6.07, 6.45) is 2.93. The topological polar surface area (TPSA) is 77.4 Å². The SMILES string of the molecule is COC(=O)c1cc(NCc2ccccc2)c(Sc2ccccc2)c(S(=O)(=O)n2cccc2)c1. The van der Waals surface area contributed by atoms with Gasteiger partial charge in [-0.05, 0) is 42.0 Å². The molecule has 3 aromatic carbocycles. The Morgan fingerprint density at radius 1 is 0.939 bits per heavy atom. The van der Waals surface area contributed by atoms with E-state index < -0.39 is 16.0 Å². The van der Waals surface area contributed by atoms with Crippen molar-refractivity contribution in [2.75, 3.05) is 12.4 Å². The summed E-state index contributed by atoms with van der Waals surface area (Å²) >= 11 is 1.32. The van der Waals surface area contributed by atoms with Crippen LogP contribution >= 0.6 is 11.8 Å². The highest BCUT2D eigenvalue weighted by Gasteiger charge is 2.26. The first-order chi connectivity index (χ1) is 16.0. The van der Waals surface area contributed by atoms with Crippen molar-refractivity contribution < 1.29 is 17.9 Å². The molecule has 0 amide bonds. The van der Waals surface area contributed by atoms with Crippen LogP contribution in [0.5, 0.6) is 0 Å². The minimum absolute atomic E-state index is 0.0195. The maximum atomic E-state index is 13.6. The third kappa shape index (κ3) is 5.13. The van der Waals surface area contributed by atoms with Crippen molar-refractivity contribution in [2.45, 2.75) is 21.2 Å². The van der Waals surface area contributed by atoms with E-state index in [2.05, 4.69) is 5.32 Å². The third-order valence-corrected chi connectivity index (χ3v) is 7.85. The van der Waals surface area contributed by atoms with E-state index in [0.29, 0.717) is 17.1 Å². The minimum atomic E-state index is -3.97. The first kappa shape index (κ1) is 22.7. The Bertz CT molecular complexity index is 1340. The van der Waals surface area contributed by atoms with E-state index in [9.17, 15) is 13.2 Å². The lowest BCUT2D eigenvalue weighted by atomic mass is 10.2. The third-order valence-electron chi connectivity index (χ3n) is 4.90. The van der Waals surface area contributed by atoms with Crippen molar-refractivity contribution in [1.29, 1.82) is 0 Å². The van der Waals surface area contributed by atoms with Gasteiger partial charge in [0.1, 0.15) is 4.90 Å². The molecule has 1 aromatic heterocycles. The zero-order chi connectivity index (χ0) is 23.3. The summed E-state index contributed by atoms with van der Waals surface area (Å²) in [7, 11) is -2.70. The van der Waals surface area contributed by atoms with Crippen molar-refractivity contribution in [1.82, 2.24) is 3.97 Å². The van der Waals surface area contributed by atoms with Gasteiger partial charge in [-0.25, -0.2) is 17.2 Å². The summed E-state index contributed by atoms with van der Waals surface area (Å²) in [5.74, 6) is -0.613. The number of carbonyl (C=O) groups is 1. The number of rotatable bonds is 8. The number of ether oxygens (including phenoxy) is 1. The van der Waals surface area contributed by atoms with Crippen LogP contribution in [0.2, 0.25) is 0 Å². The second-order valence-electron chi connectivity index (χ2n) is 7.11. The van der Waals surface area contributed by atoms with E-state index in [-0.39, 0.29) is 10.5 Å². The molecule has 4 aromatic rings. The molecule has 1 heterocycles. The lowest BCUT2D eigenvalue weighted by Crippen LogP contribution is -2.15. The lowest BCUT2D eigenvalue weighted by molar-refractivity contribution is 0.0600. The van der Waals surface area contributed by atoms with Crippen LogP contribution in [-0.4, -0.2) is 25.5 Å². The van der Waals surface area contributed by atoms with Gasteiger partial charge in [-0.1, -0.05) is 60.3 Å². The molecule has 0 saturated carbocycles. The van der Waals surface area contributed by atoms with Crippen LogP contribution in [0.1, 0.15) is 15.9 Å². The largest absolute Gasteiger partial charge is 0.465 e. The highest BCUT2D eigenvalue weighted by atomic mass is 32.2. The van der Waals surface area contributed by atoms with Gasteiger partial charge in [-0.3, -0.25) is 0 Å². The predicted octanol–water partition coefficient (Wildman–Crippen LogP) is 5.28. The van der Waals surface area contributed by atoms with Gasteiger partial charge in [0.15, 0.2) is 0 Å². The monoisotopic (exact) mass is 478 g/mol. The molecule has 33 heavy (non-hydrogen) atoms. The van der Waals surface area contributed by atoms with E-state index in [1.807, 2.05) is 60.7 Å². The number of aromatic nitrogens is 1. The van der Waals surface area contributed by atoms with E-state index >= 15 is 0 Å². The second-order valence-corrected chi connectivity index (χ2v) is 10.0. The number of carbonyl (C=O) groups excluding carboxylic acids is 1. The fourth-order valence-corrected chi connectivity index (χ4v) is 5.94. The molecule has 0 saturated heterocycles. The number of hydrogen-bond acceptors (Lipinski definition) is 6. The molecule has 0 bridgehead atoms. The first-order valence-electron chi connectivity index (χ1n) is 10.1. The molecule has 0 aliphatic rings. The fourth-order valence-electron chi connectivity index (χ4n) is 3.26. The quantitative estimate of drug-likeness (QED) is 0.348.